The summed E-state index contributed by atoms with van der Waals surface area (Å²) in [6.45, 7) is 12.1. The summed E-state index contributed by atoms with van der Waals surface area (Å²) in [6, 6.07) is 1.12. The van der Waals surface area contributed by atoms with E-state index in [1.54, 1.807) is 14.2 Å². The molecule has 0 atom stereocenters. The lowest BCUT2D eigenvalue weighted by molar-refractivity contribution is -0.0190. The van der Waals surface area contributed by atoms with Gasteiger partial charge in [0.2, 0.25) is 0 Å². The highest BCUT2D eigenvalue weighted by Gasteiger charge is 2.19. The number of ether oxygens (including phenoxy) is 7. The Morgan fingerprint density at radius 1 is 0.464 bits per heavy atom. The van der Waals surface area contributed by atoms with E-state index >= 15 is 0 Å². The van der Waals surface area contributed by atoms with Crippen LogP contribution in [0.2, 0.25) is 19.1 Å². The Balaban J connectivity index is 3.05. The van der Waals surface area contributed by atoms with Crippen molar-refractivity contribution in [3.63, 3.8) is 0 Å². The fraction of sp³-hybridized carbons (Fsp3) is 1.00. The maximum Gasteiger partial charge on any atom is 0.186 e. The number of rotatable bonds is 23. The Morgan fingerprint density at radius 3 is 1.11 bits per heavy atom. The van der Waals surface area contributed by atoms with Gasteiger partial charge in [0, 0.05) is 20.8 Å². The average molecular weight is 427 g/mol. The van der Waals surface area contributed by atoms with Crippen LogP contribution in [0.15, 0.2) is 0 Å². The smallest absolute Gasteiger partial charge is 0.186 e. The monoisotopic (exact) mass is 426 g/mol. The van der Waals surface area contributed by atoms with Crippen molar-refractivity contribution in [1.29, 1.82) is 0 Å². The van der Waals surface area contributed by atoms with Crippen LogP contribution in [0.4, 0.5) is 0 Å². The molecule has 0 spiro atoms. The Kier molecular flexibility index (Phi) is 21.5. The first-order valence-electron chi connectivity index (χ1n) is 10.1. The van der Waals surface area contributed by atoms with E-state index in [-0.39, 0.29) is 0 Å². The maximum atomic E-state index is 5.55. The molecule has 0 radical (unpaired) electrons. The van der Waals surface area contributed by atoms with Gasteiger partial charge in [-0.2, -0.15) is 0 Å². The molecule has 0 aliphatic heterocycles. The van der Waals surface area contributed by atoms with Crippen molar-refractivity contribution in [3.05, 3.63) is 0 Å². The molecule has 0 saturated heterocycles. The summed E-state index contributed by atoms with van der Waals surface area (Å²) in [6.07, 6.45) is 1.05. The Bertz CT molecular complexity index is 308. The van der Waals surface area contributed by atoms with Gasteiger partial charge in [0.15, 0.2) is 8.32 Å². The normalized spacial score (nSPS) is 12.0. The number of hydrogen-bond acceptors (Lipinski definition) is 8. The molecule has 0 bridgehead atoms. The highest BCUT2D eigenvalue weighted by atomic mass is 28.4. The maximum absolute atomic E-state index is 5.55. The van der Waals surface area contributed by atoms with E-state index in [0.29, 0.717) is 79.3 Å². The van der Waals surface area contributed by atoms with Gasteiger partial charge >= 0.3 is 0 Å². The van der Waals surface area contributed by atoms with E-state index < -0.39 is 8.32 Å². The minimum Gasteiger partial charge on any atom is -0.420 e. The molecular weight excluding hydrogens is 384 g/mol. The molecule has 8 nitrogen and oxygen atoms in total. The van der Waals surface area contributed by atoms with E-state index in [2.05, 4.69) is 13.1 Å². The SMILES string of the molecule is COCCOCCOCCOCCOCCOCCOCCC[Si](C)(C)OC. The van der Waals surface area contributed by atoms with Crippen molar-refractivity contribution >= 4 is 8.32 Å². The van der Waals surface area contributed by atoms with Gasteiger partial charge < -0.3 is 37.6 Å². The Morgan fingerprint density at radius 2 is 0.786 bits per heavy atom. The zero-order valence-corrected chi connectivity index (χ0v) is 19.4. The quantitative estimate of drug-likeness (QED) is 0.181. The van der Waals surface area contributed by atoms with Gasteiger partial charge in [-0.3, -0.25) is 0 Å². The molecule has 0 aromatic heterocycles. The standard InChI is InChI=1S/C19H42O8Si/c1-20-7-8-23-11-12-25-15-16-27-18-17-26-14-13-24-10-9-22-6-5-19-28(3,4)21-2/h5-19H2,1-4H3. The molecule has 0 saturated carbocycles. The van der Waals surface area contributed by atoms with E-state index in [1.165, 1.54) is 0 Å². The third kappa shape index (κ3) is 22.2. The van der Waals surface area contributed by atoms with Gasteiger partial charge in [-0.05, 0) is 25.6 Å². The molecule has 0 aliphatic rings. The highest BCUT2D eigenvalue weighted by molar-refractivity contribution is 6.71. The molecule has 0 heterocycles. The largest absolute Gasteiger partial charge is 0.420 e. The third-order valence-electron chi connectivity index (χ3n) is 3.91. The van der Waals surface area contributed by atoms with E-state index in [9.17, 15) is 0 Å². The minimum absolute atomic E-state index is 0.554. The van der Waals surface area contributed by atoms with Crippen molar-refractivity contribution in [3.8, 4) is 0 Å². The zero-order chi connectivity index (χ0) is 20.8. The van der Waals surface area contributed by atoms with Crippen LogP contribution in [-0.2, 0) is 37.6 Å². The van der Waals surface area contributed by atoms with E-state index in [0.717, 1.165) is 19.1 Å². The van der Waals surface area contributed by atoms with Crippen LogP contribution in [0.5, 0.6) is 0 Å². The molecule has 0 unspecified atom stereocenters. The first kappa shape index (κ1) is 27.9. The predicted molar refractivity (Wildman–Crippen MR) is 111 cm³/mol. The van der Waals surface area contributed by atoms with Crippen LogP contribution in [0.1, 0.15) is 6.42 Å². The molecule has 0 rings (SSSR count). The van der Waals surface area contributed by atoms with Crippen LogP contribution in [0.25, 0.3) is 0 Å². The highest BCUT2D eigenvalue weighted by Crippen LogP contribution is 2.11. The molecule has 28 heavy (non-hydrogen) atoms. The second-order valence-corrected chi connectivity index (χ2v) is 11.2. The topological polar surface area (TPSA) is 73.8 Å². The lowest BCUT2D eigenvalue weighted by atomic mass is 10.5. The van der Waals surface area contributed by atoms with Gasteiger partial charge in [0.1, 0.15) is 0 Å². The lowest BCUT2D eigenvalue weighted by Gasteiger charge is -2.19. The molecule has 0 N–H and O–H groups in total. The van der Waals surface area contributed by atoms with E-state index in [4.69, 9.17) is 37.6 Å². The van der Waals surface area contributed by atoms with Crippen molar-refractivity contribution in [2.45, 2.75) is 25.6 Å². The Labute approximate surface area is 172 Å². The summed E-state index contributed by atoms with van der Waals surface area (Å²) in [5, 5.41) is 0. The lowest BCUT2D eigenvalue weighted by Crippen LogP contribution is -2.28. The fourth-order valence-electron chi connectivity index (χ4n) is 2.05. The van der Waals surface area contributed by atoms with Crippen molar-refractivity contribution in [2.75, 3.05) is 100 Å². The minimum atomic E-state index is -1.45. The summed E-state index contributed by atoms with van der Waals surface area (Å²) >= 11 is 0. The molecule has 0 aromatic rings. The van der Waals surface area contributed by atoms with Gasteiger partial charge in [-0.25, -0.2) is 0 Å². The average Bonchev–Trinajstić information content (AvgIpc) is 2.69. The van der Waals surface area contributed by atoms with Crippen molar-refractivity contribution < 1.29 is 37.6 Å². The number of hydrogen-bond donors (Lipinski definition) is 0. The second-order valence-electron chi connectivity index (χ2n) is 6.73. The first-order valence-corrected chi connectivity index (χ1v) is 13.2. The molecule has 0 amide bonds. The summed E-state index contributed by atoms with van der Waals surface area (Å²) in [5.41, 5.74) is 0. The Hall–Kier alpha value is -0.103. The summed E-state index contributed by atoms with van der Waals surface area (Å²) < 4.78 is 42.9. The van der Waals surface area contributed by atoms with Crippen molar-refractivity contribution in [1.82, 2.24) is 0 Å². The summed E-state index contributed by atoms with van der Waals surface area (Å²) in [7, 11) is 2.00. The van der Waals surface area contributed by atoms with Gasteiger partial charge in [-0.15, -0.1) is 0 Å². The fourth-order valence-corrected chi connectivity index (χ4v) is 3.25. The summed E-state index contributed by atoms with van der Waals surface area (Å²) in [5.74, 6) is 0. The van der Waals surface area contributed by atoms with Gasteiger partial charge in [-0.1, -0.05) is 0 Å². The summed E-state index contributed by atoms with van der Waals surface area (Å²) in [4.78, 5) is 0. The van der Waals surface area contributed by atoms with Crippen LogP contribution in [0.3, 0.4) is 0 Å². The predicted octanol–water partition coefficient (Wildman–Crippen LogP) is 1.97. The molecule has 0 aromatic carbocycles. The second kappa shape index (κ2) is 21.6. The molecular formula is C19H42O8Si. The van der Waals surface area contributed by atoms with Crippen LogP contribution >= 0.6 is 0 Å². The van der Waals surface area contributed by atoms with Gasteiger partial charge in [0.05, 0.1) is 79.3 Å². The van der Waals surface area contributed by atoms with Gasteiger partial charge in [0.25, 0.3) is 0 Å². The van der Waals surface area contributed by atoms with Crippen LogP contribution in [-0.4, -0.2) is 108 Å². The zero-order valence-electron chi connectivity index (χ0n) is 18.4. The van der Waals surface area contributed by atoms with E-state index in [1.807, 2.05) is 0 Å². The van der Waals surface area contributed by atoms with Crippen LogP contribution in [0, 0.1) is 0 Å². The molecule has 0 fully saturated rings. The first-order chi connectivity index (χ1) is 13.6. The van der Waals surface area contributed by atoms with Crippen LogP contribution < -0.4 is 0 Å². The molecule has 9 heteroatoms. The van der Waals surface area contributed by atoms with Crippen molar-refractivity contribution in [2.24, 2.45) is 0 Å². The molecule has 170 valence electrons. The third-order valence-corrected chi connectivity index (χ3v) is 6.57. The number of methoxy groups -OCH3 is 1. The molecule has 0 aliphatic carbocycles.